The molecule has 0 amide bonds. The lowest BCUT2D eigenvalue weighted by Gasteiger charge is -2.47. The van der Waals surface area contributed by atoms with Crippen LogP contribution in [0.4, 0.5) is 0 Å². The summed E-state index contributed by atoms with van der Waals surface area (Å²) < 4.78 is 0.839. The van der Waals surface area contributed by atoms with Gasteiger partial charge in [-0.2, -0.15) is 0 Å². The fourth-order valence-corrected chi connectivity index (χ4v) is 4.40. The van der Waals surface area contributed by atoms with Gasteiger partial charge in [-0.25, -0.2) is 0 Å². The molecule has 3 fully saturated rings. The Morgan fingerprint density at radius 2 is 2.13 bits per heavy atom. The van der Waals surface area contributed by atoms with Gasteiger partial charge in [-0.15, -0.1) is 35.3 Å². The van der Waals surface area contributed by atoms with E-state index in [1.54, 1.807) is 11.3 Å². The number of aliphatic imine (C=N–C) groups is 1. The first-order chi connectivity index (χ1) is 10.7. The zero-order valence-electron chi connectivity index (χ0n) is 13.7. The zero-order chi connectivity index (χ0) is 15.5. The van der Waals surface area contributed by atoms with E-state index < -0.39 is 0 Å². The first-order valence-corrected chi connectivity index (χ1v) is 8.97. The number of piperazine rings is 3. The van der Waals surface area contributed by atoms with E-state index in [1.165, 1.54) is 37.6 Å². The maximum absolute atomic E-state index is 6.00. The lowest BCUT2D eigenvalue weighted by molar-refractivity contribution is 0.0152. The van der Waals surface area contributed by atoms with Crippen molar-refractivity contribution in [3.63, 3.8) is 0 Å². The van der Waals surface area contributed by atoms with Crippen LogP contribution in [-0.4, -0.2) is 80.1 Å². The van der Waals surface area contributed by atoms with Gasteiger partial charge in [-0.1, -0.05) is 11.6 Å². The molecule has 5 nitrogen and oxygen atoms in total. The van der Waals surface area contributed by atoms with Crippen LogP contribution >= 0.6 is 46.9 Å². The molecule has 1 N–H and O–H groups in total. The second-order valence-electron chi connectivity index (χ2n) is 5.98. The third kappa shape index (κ3) is 4.94. The molecule has 23 heavy (non-hydrogen) atoms. The predicted octanol–water partition coefficient (Wildman–Crippen LogP) is 2.03. The topological polar surface area (TPSA) is 34.1 Å². The first kappa shape index (κ1) is 19.2. The van der Waals surface area contributed by atoms with Gasteiger partial charge in [-0.05, 0) is 12.1 Å². The number of hydrogen-bond donors (Lipinski definition) is 1. The molecule has 0 saturated carbocycles. The largest absolute Gasteiger partial charge is 0.355 e. The van der Waals surface area contributed by atoms with Crippen LogP contribution in [0.15, 0.2) is 17.1 Å². The van der Waals surface area contributed by atoms with Crippen LogP contribution in [0.25, 0.3) is 0 Å². The summed E-state index contributed by atoms with van der Waals surface area (Å²) in [6, 6.07) is 4.63. The van der Waals surface area contributed by atoms with Crippen molar-refractivity contribution in [1.29, 1.82) is 0 Å². The third-order valence-electron chi connectivity index (χ3n) is 4.48. The fourth-order valence-electron chi connectivity index (χ4n) is 3.26. The molecule has 0 aliphatic carbocycles. The van der Waals surface area contributed by atoms with Crippen molar-refractivity contribution in [2.75, 3.05) is 53.4 Å². The molecule has 2 bridgehead atoms. The number of fused-ring (bicyclic) bond motifs is 3. The van der Waals surface area contributed by atoms with E-state index in [0.717, 1.165) is 23.4 Å². The molecule has 0 radical (unpaired) electrons. The van der Waals surface area contributed by atoms with Gasteiger partial charge in [0, 0.05) is 64.3 Å². The van der Waals surface area contributed by atoms with Crippen LogP contribution in [0.1, 0.15) is 4.88 Å². The Hall–Kier alpha value is -0.0900. The number of hydrogen-bond acceptors (Lipinski definition) is 4. The lowest BCUT2D eigenvalue weighted by atomic mass is 10.1. The van der Waals surface area contributed by atoms with Crippen molar-refractivity contribution >= 4 is 52.9 Å². The highest BCUT2D eigenvalue weighted by molar-refractivity contribution is 14.0. The van der Waals surface area contributed by atoms with Crippen molar-refractivity contribution in [3.05, 3.63) is 21.3 Å². The summed E-state index contributed by atoms with van der Waals surface area (Å²) in [5.41, 5.74) is 0. The summed E-state index contributed by atoms with van der Waals surface area (Å²) in [5, 5.41) is 3.53. The number of rotatable bonds is 4. The van der Waals surface area contributed by atoms with E-state index in [-0.39, 0.29) is 24.0 Å². The molecule has 8 heteroatoms. The molecule has 3 aliphatic heterocycles. The van der Waals surface area contributed by atoms with Gasteiger partial charge in [0.05, 0.1) is 10.9 Å². The molecule has 1 unspecified atom stereocenters. The number of nitrogens with zero attached hydrogens (tertiary/aromatic N) is 4. The predicted molar refractivity (Wildman–Crippen MR) is 109 cm³/mol. The molecule has 4 heterocycles. The number of nitrogens with one attached hydrogen (secondary N) is 1. The van der Waals surface area contributed by atoms with Gasteiger partial charge < -0.3 is 10.2 Å². The molecular weight excluding hydrogens is 445 g/mol. The molecule has 0 spiro atoms. The lowest BCUT2D eigenvalue weighted by Crippen LogP contribution is -2.63. The van der Waals surface area contributed by atoms with Gasteiger partial charge in [0.1, 0.15) is 0 Å². The van der Waals surface area contributed by atoms with Crippen LogP contribution < -0.4 is 5.32 Å². The maximum Gasteiger partial charge on any atom is 0.193 e. The van der Waals surface area contributed by atoms with Crippen molar-refractivity contribution < 1.29 is 0 Å². The SMILES string of the molecule is CN=C(NCC1CN2CCN1CC2)N(C)Cc1ccc(Cl)s1.I. The monoisotopic (exact) mass is 469 g/mol. The number of guanidine groups is 1. The molecule has 3 saturated heterocycles. The quantitative estimate of drug-likeness (QED) is 0.416. The Balaban J connectivity index is 0.00000192. The zero-order valence-corrected chi connectivity index (χ0v) is 17.6. The van der Waals surface area contributed by atoms with Crippen LogP contribution in [0, 0.1) is 0 Å². The summed E-state index contributed by atoms with van der Waals surface area (Å²) in [7, 11) is 3.91. The maximum atomic E-state index is 6.00. The summed E-state index contributed by atoms with van der Waals surface area (Å²) >= 11 is 7.63. The van der Waals surface area contributed by atoms with Crippen LogP contribution in [0.3, 0.4) is 0 Å². The normalized spacial score (nSPS) is 26.7. The van der Waals surface area contributed by atoms with Gasteiger partial charge in [0.2, 0.25) is 0 Å². The fraction of sp³-hybridized carbons (Fsp3) is 0.667. The number of thiophene rings is 1. The van der Waals surface area contributed by atoms with Crippen molar-refractivity contribution in [3.8, 4) is 0 Å². The Bertz CT molecular complexity index is 530. The van der Waals surface area contributed by atoms with Gasteiger partial charge >= 0.3 is 0 Å². The molecule has 130 valence electrons. The third-order valence-corrected chi connectivity index (χ3v) is 5.70. The van der Waals surface area contributed by atoms with Gasteiger partial charge in [0.25, 0.3) is 0 Å². The summed E-state index contributed by atoms with van der Waals surface area (Å²) in [4.78, 5) is 13.0. The highest BCUT2D eigenvalue weighted by Gasteiger charge is 2.31. The minimum Gasteiger partial charge on any atom is -0.355 e. The van der Waals surface area contributed by atoms with Crippen LogP contribution in [0.2, 0.25) is 4.34 Å². The van der Waals surface area contributed by atoms with Crippen LogP contribution in [-0.2, 0) is 6.54 Å². The summed E-state index contributed by atoms with van der Waals surface area (Å²) in [6.07, 6.45) is 0. The minimum absolute atomic E-state index is 0. The summed E-state index contributed by atoms with van der Waals surface area (Å²) in [5.74, 6) is 0.946. The molecule has 3 aliphatic rings. The molecule has 1 aromatic rings. The van der Waals surface area contributed by atoms with Crippen molar-refractivity contribution in [1.82, 2.24) is 20.0 Å². The average molecular weight is 470 g/mol. The number of halogens is 2. The Morgan fingerprint density at radius 1 is 1.39 bits per heavy atom. The Morgan fingerprint density at radius 3 is 2.65 bits per heavy atom. The van der Waals surface area contributed by atoms with Crippen LogP contribution in [0.5, 0.6) is 0 Å². The molecule has 4 rings (SSSR count). The second-order valence-corrected chi connectivity index (χ2v) is 7.78. The minimum atomic E-state index is 0. The molecule has 1 atom stereocenters. The Labute approximate surface area is 164 Å². The molecular formula is C15H25ClIN5S. The van der Waals surface area contributed by atoms with Crippen molar-refractivity contribution in [2.24, 2.45) is 4.99 Å². The van der Waals surface area contributed by atoms with E-state index in [2.05, 4.69) is 38.1 Å². The molecule has 1 aromatic heterocycles. The average Bonchev–Trinajstić information content (AvgIpc) is 2.94. The standard InChI is InChI=1S/C15H24ClN5S.HI/c1-17-15(19(2)11-13-3-4-14(16)22-13)18-9-12-10-20-5-7-21(12)8-6-20;/h3-4,12H,5-11H2,1-2H3,(H,17,18);1H. The van der Waals surface area contributed by atoms with E-state index in [4.69, 9.17) is 11.6 Å². The van der Waals surface area contributed by atoms with Gasteiger partial charge in [-0.3, -0.25) is 14.8 Å². The molecule has 0 aromatic carbocycles. The van der Waals surface area contributed by atoms with E-state index >= 15 is 0 Å². The highest BCUT2D eigenvalue weighted by Crippen LogP contribution is 2.22. The second kappa shape index (κ2) is 8.84. The van der Waals surface area contributed by atoms with Gasteiger partial charge in [0.15, 0.2) is 5.96 Å². The van der Waals surface area contributed by atoms with Crippen molar-refractivity contribution in [2.45, 2.75) is 12.6 Å². The highest BCUT2D eigenvalue weighted by atomic mass is 127. The van der Waals surface area contributed by atoms with E-state index in [9.17, 15) is 0 Å². The first-order valence-electron chi connectivity index (χ1n) is 7.78. The summed E-state index contributed by atoms with van der Waals surface area (Å²) in [6.45, 7) is 7.82. The smallest absolute Gasteiger partial charge is 0.193 e. The van der Waals surface area contributed by atoms with E-state index in [1.807, 2.05) is 13.1 Å². The van der Waals surface area contributed by atoms with E-state index in [0.29, 0.717) is 6.04 Å². The Kier molecular flexibility index (Phi) is 7.40.